The van der Waals surface area contributed by atoms with E-state index in [2.05, 4.69) is 18.0 Å². The number of esters is 1. The number of hydrogen-bond acceptors (Lipinski definition) is 2. The summed E-state index contributed by atoms with van der Waals surface area (Å²) in [6.07, 6.45) is 0.902. The van der Waals surface area contributed by atoms with Crippen molar-refractivity contribution in [2.45, 2.75) is 20.3 Å². The Kier molecular flexibility index (Phi) is 4.15. The molecule has 0 aliphatic rings. The molecule has 0 fully saturated rings. The van der Waals surface area contributed by atoms with Gasteiger partial charge in [0.15, 0.2) is 0 Å². The van der Waals surface area contributed by atoms with E-state index in [1.807, 2.05) is 12.1 Å². The van der Waals surface area contributed by atoms with Crippen molar-refractivity contribution in [1.29, 1.82) is 0 Å². The maximum Gasteiger partial charge on any atom is 0.355 e. The molecule has 0 aliphatic heterocycles. The van der Waals surface area contributed by atoms with E-state index in [-0.39, 0.29) is 5.82 Å². The Balaban J connectivity index is 2.27. The van der Waals surface area contributed by atoms with Gasteiger partial charge in [0.05, 0.1) is 6.61 Å². The highest BCUT2D eigenvalue weighted by atomic mass is 19.1. The Bertz CT molecular complexity index is 850. The van der Waals surface area contributed by atoms with E-state index in [0.717, 1.165) is 28.5 Å². The topological polar surface area (TPSA) is 42.1 Å². The molecule has 2 aromatic carbocycles. The average Bonchev–Trinajstić information content (AvgIpc) is 2.94. The lowest BCUT2D eigenvalue weighted by Crippen LogP contribution is -2.06. The van der Waals surface area contributed by atoms with Gasteiger partial charge < -0.3 is 9.72 Å². The molecule has 0 atom stereocenters. The zero-order valence-electron chi connectivity index (χ0n) is 13.2. The molecule has 0 spiro atoms. The number of aromatic nitrogens is 1. The van der Waals surface area contributed by atoms with Crippen molar-refractivity contribution in [3.63, 3.8) is 0 Å². The van der Waals surface area contributed by atoms with E-state index in [9.17, 15) is 9.18 Å². The normalized spacial score (nSPS) is 10.9. The van der Waals surface area contributed by atoms with Crippen LogP contribution in [0.25, 0.3) is 22.0 Å². The van der Waals surface area contributed by atoms with Gasteiger partial charge in [-0.05, 0) is 48.7 Å². The van der Waals surface area contributed by atoms with Crippen LogP contribution in [0.1, 0.15) is 29.9 Å². The fraction of sp³-hybridized carbons (Fsp3) is 0.211. The molecule has 0 unspecified atom stereocenters. The number of H-pyrrole nitrogens is 1. The van der Waals surface area contributed by atoms with Gasteiger partial charge in [0.2, 0.25) is 0 Å². The zero-order chi connectivity index (χ0) is 16.4. The summed E-state index contributed by atoms with van der Waals surface area (Å²) in [5.74, 6) is -0.707. The maximum atomic E-state index is 13.2. The highest BCUT2D eigenvalue weighted by Gasteiger charge is 2.20. The lowest BCUT2D eigenvalue weighted by molar-refractivity contribution is 0.0521. The third kappa shape index (κ3) is 2.84. The van der Waals surface area contributed by atoms with Crippen molar-refractivity contribution in [3.8, 4) is 11.1 Å². The number of nitrogens with one attached hydrogen (secondary N) is 1. The van der Waals surface area contributed by atoms with E-state index in [0.29, 0.717) is 12.3 Å². The first-order valence-electron chi connectivity index (χ1n) is 7.71. The first-order valence-corrected chi connectivity index (χ1v) is 7.71. The molecule has 0 saturated carbocycles. The van der Waals surface area contributed by atoms with Gasteiger partial charge in [-0.2, -0.15) is 0 Å². The average molecular weight is 311 g/mol. The molecule has 0 bridgehead atoms. The molecule has 118 valence electrons. The van der Waals surface area contributed by atoms with Gasteiger partial charge >= 0.3 is 5.97 Å². The zero-order valence-corrected chi connectivity index (χ0v) is 13.2. The van der Waals surface area contributed by atoms with Gasteiger partial charge in [0.1, 0.15) is 11.5 Å². The van der Waals surface area contributed by atoms with Crippen LogP contribution in [-0.2, 0) is 11.2 Å². The standard InChI is InChI=1S/C19H18FNO2/c1-3-12-5-10-16-15(11-12)17(13-6-8-14(20)9-7-13)18(21-16)19(22)23-4-2/h5-11,21H,3-4H2,1-2H3. The lowest BCUT2D eigenvalue weighted by Gasteiger charge is -2.05. The third-order valence-electron chi connectivity index (χ3n) is 3.88. The van der Waals surface area contributed by atoms with Gasteiger partial charge in [-0.15, -0.1) is 0 Å². The fourth-order valence-corrected chi connectivity index (χ4v) is 2.73. The monoisotopic (exact) mass is 311 g/mol. The molecule has 0 aliphatic carbocycles. The summed E-state index contributed by atoms with van der Waals surface area (Å²) >= 11 is 0. The second-order valence-electron chi connectivity index (χ2n) is 5.34. The Morgan fingerprint density at radius 2 is 1.87 bits per heavy atom. The minimum Gasteiger partial charge on any atom is -0.461 e. The third-order valence-corrected chi connectivity index (χ3v) is 3.88. The molecule has 23 heavy (non-hydrogen) atoms. The lowest BCUT2D eigenvalue weighted by atomic mass is 10.00. The quantitative estimate of drug-likeness (QED) is 0.709. The number of aryl methyl sites for hydroxylation is 1. The number of ether oxygens (including phenoxy) is 1. The Morgan fingerprint density at radius 3 is 2.52 bits per heavy atom. The molecule has 0 amide bonds. The largest absolute Gasteiger partial charge is 0.461 e. The van der Waals surface area contributed by atoms with E-state index in [4.69, 9.17) is 4.74 Å². The van der Waals surface area contributed by atoms with Gasteiger partial charge in [-0.3, -0.25) is 0 Å². The summed E-state index contributed by atoms with van der Waals surface area (Å²) in [5, 5.41) is 0.944. The molecule has 4 heteroatoms. The number of benzene rings is 2. The van der Waals surface area contributed by atoms with Gasteiger partial charge in [-0.25, -0.2) is 9.18 Å². The smallest absolute Gasteiger partial charge is 0.355 e. The Morgan fingerprint density at radius 1 is 1.13 bits per heavy atom. The van der Waals surface area contributed by atoms with Crippen LogP contribution in [0.15, 0.2) is 42.5 Å². The summed E-state index contributed by atoms with van der Waals surface area (Å²) < 4.78 is 18.4. The Labute approximate surface area is 134 Å². The SMILES string of the molecule is CCOC(=O)c1[nH]c2ccc(CC)cc2c1-c1ccc(F)cc1. The molecule has 3 aromatic rings. The summed E-state index contributed by atoms with van der Waals surface area (Å²) in [6, 6.07) is 12.2. The van der Waals surface area contributed by atoms with Crippen molar-refractivity contribution >= 4 is 16.9 Å². The summed E-state index contributed by atoms with van der Waals surface area (Å²) in [4.78, 5) is 15.4. The second-order valence-corrected chi connectivity index (χ2v) is 5.34. The molecule has 1 N–H and O–H groups in total. The van der Waals surface area contributed by atoms with Crippen LogP contribution in [0, 0.1) is 5.82 Å². The van der Waals surface area contributed by atoms with Crippen molar-refractivity contribution < 1.29 is 13.9 Å². The minimum atomic E-state index is -0.402. The summed E-state index contributed by atoms with van der Waals surface area (Å²) in [7, 11) is 0. The fourth-order valence-electron chi connectivity index (χ4n) is 2.73. The maximum absolute atomic E-state index is 13.2. The van der Waals surface area contributed by atoms with E-state index in [1.54, 1.807) is 19.1 Å². The first kappa shape index (κ1) is 15.3. The van der Waals surface area contributed by atoms with Crippen LogP contribution in [0.3, 0.4) is 0 Å². The predicted molar refractivity (Wildman–Crippen MR) is 89.0 cm³/mol. The van der Waals surface area contributed by atoms with Crippen LogP contribution in [0.4, 0.5) is 4.39 Å². The molecule has 1 heterocycles. The summed E-state index contributed by atoms with van der Waals surface area (Å²) in [6.45, 7) is 4.15. The van der Waals surface area contributed by atoms with Crippen LogP contribution in [0.5, 0.6) is 0 Å². The summed E-state index contributed by atoms with van der Waals surface area (Å²) in [5.41, 5.74) is 3.99. The number of fused-ring (bicyclic) bond motifs is 1. The second kappa shape index (κ2) is 6.24. The predicted octanol–water partition coefficient (Wildman–Crippen LogP) is 4.71. The van der Waals surface area contributed by atoms with Crippen molar-refractivity contribution in [1.82, 2.24) is 4.98 Å². The number of rotatable bonds is 4. The number of hydrogen-bond donors (Lipinski definition) is 1. The van der Waals surface area contributed by atoms with Crippen molar-refractivity contribution in [2.24, 2.45) is 0 Å². The molecular formula is C19H18FNO2. The molecule has 0 saturated heterocycles. The van der Waals surface area contributed by atoms with Crippen LogP contribution in [0.2, 0.25) is 0 Å². The number of halogens is 1. The highest BCUT2D eigenvalue weighted by Crippen LogP contribution is 2.33. The molecule has 3 nitrogen and oxygen atoms in total. The van der Waals surface area contributed by atoms with Crippen LogP contribution < -0.4 is 0 Å². The van der Waals surface area contributed by atoms with Gasteiger partial charge in [-0.1, -0.05) is 25.1 Å². The van der Waals surface area contributed by atoms with Crippen molar-refractivity contribution in [3.05, 3.63) is 59.5 Å². The van der Waals surface area contributed by atoms with E-state index in [1.165, 1.54) is 17.7 Å². The van der Waals surface area contributed by atoms with Gasteiger partial charge in [0, 0.05) is 16.5 Å². The molecule has 3 rings (SSSR count). The Hall–Kier alpha value is -2.62. The van der Waals surface area contributed by atoms with Crippen molar-refractivity contribution in [2.75, 3.05) is 6.61 Å². The van der Waals surface area contributed by atoms with Gasteiger partial charge in [0.25, 0.3) is 0 Å². The highest BCUT2D eigenvalue weighted by molar-refractivity contribution is 6.08. The molecule has 0 radical (unpaired) electrons. The van der Waals surface area contributed by atoms with Crippen LogP contribution in [-0.4, -0.2) is 17.6 Å². The number of carbonyl (C=O) groups excluding carboxylic acids is 1. The molecule has 1 aromatic heterocycles. The number of carbonyl (C=O) groups is 1. The minimum absolute atomic E-state index is 0.303. The van der Waals surface area contributed by atoms with E-state index < -0.39 is 5.97 Å². The van der Waals surface area contributed by atoms with Crippen LogP contribution >= 0.6 is 0 Å². The first-order chi connectivity index (χ1) is 11.1. The number of aromatic amines is 1. The van der Waals surface area contributed by atoms with E-state index >= 15 is 0 Å². The molecular weight excluding hydrogens is 293 g/mol.